The summed E-state index contributed by atoms with van der Waals surface area (Å²) in [5.41, 5.74) is 3.44. The highest BCUT2D eigenvalue weighted by atomic mass is 35.5. The van der Waals surface area contributed by atoms with Crippen LogP contribution in [0.15, 0.2) is 128 Å². The molecule has 0 atom stereocenters. The number of ketones is 1. The molecule has 1 heterocycles. The smallest absolute Gasteiger partial charge is 0.289 e. The molecule has 6 rings (SSSR count). The Morgan fingerprint density at radius 3 is 2.04 bits per heavy atom. The molecule has 2 aliphatic rings. The average Bonchev–Trinajstić information content (AvgIpc) is 3.03. The number of hydrogen-bond acceptors (Lipinski definition) is 6. The fourth-order valence-corrected chi connectivity index (χ4v) is 9.15. The van der Waals surface area contributed by atoms with Crippen LogP contribution in [-0.4, -0.2) is 25.9 Å². The molecule has 0 spiro atoms. The Bertz CT molecular complexity index is 2280. The van der Waals surface area contributed by atoms with E-state index in [9.17, 15) is 4.79 Å². The zero-order chi connectivity index (χ0) is 37.0. The van der Waals surface area contributed by atoms with Crippen molar-refractivity contribution in [1.29, 1.82) is 0 Å². The van der Waals surface area contributed by atoms with Gasteiger partial charge in [0.25, 0.3) is 10.0 Å². The van der Waals surface area contributed by atoms with E-state index in [1.54, 1.807) is 79.7 Å². The molecule has 7 nitrogen and oxygen atoms in total. The first-order chi connectivity index (χ1) is 23.9. The van der Waals surface area contributed by atoms with E-state index in [0.717, 1.165) is 14.8 Å². The van der Waals surface area contributed by atoms with Crippen molar-refractivity contribution in [2.24, 2.45) is 15.8 Å². The van der Waals surface area contributed by atoms with Gasteiger partial charge in [-0.3, -0.25) is 9.69 Å². The minimum atomic E-state index is -4.55. The molecular weight excluding hydrogens is 698 g/mol. The van der Waals surface area contributed by atoms with Crippen LogP contribution in [-0.2, 0) is 14.8 Å². The van der Waals surface area contributed by atoms with E-state index in [2.05, 4.69) is 0 Å². The molecular formula is C41H40ClN3O4S2. The quantitative estimate of drug-likeness (QED) is 0.195. The summed E-state index contributed by atoms with van der Waals surface area (Å²) in [6, 6.07) is 23.4. The van der Waals surface area contributed by atoms with Gasteiger partial charge in [-0.25, -0.2) is 18.2 Å². The Kier molecular flexibility index (Phi) is 9.46. The Balaban J connectivity index is 1.62. The van der Waals surface area contributed by atoms with Crippen molar-refractivity contribution < 1.29 is 18.0 Å². The first kappa shape index (κ1) is 36.4. The number of amides is 2. The first-order valence-corrected chi connectivity index (χ1v) is 19.2. The van der Waals surface area contributed by atoms with Crippen LogP contribution in [0.1, 0.15) is 52.7 Å². The Morgan fingerprint density at radius 1 is 0.784 bits per heavy atom. The van der Waals surface area contributed by atoms with Crippen LogP contribution in [0.2, 0.25) is 5.02 Å². The Hall–Kier alpha value is -4.44. The second kappa shape index (κ2) is 13.3. The summed E-state index contributed by atoms with van der Waals surface area (Å²) in [5.74, 6) is -0.0446. The van der Waals surface area contributed by atoms with E-state index >= 15 is 13.2 Å². The third-order valence-corrected chi connectivity index (χ3v) is 11.9. The number of sulfonamides is 1. The van der Waals surface area contributed by atoms with Crippen LogP contribution < -0.4 is 9.21 Å². The van der Waals surface area contributed by atoms with Gasteiger partial charge in [0.15, 0.2) is 5.78 Å². The van der Waals surface area contributed by atoms with Gasteiger partial charge in [-0.15, -0.1) is 0 Å². The SMILES string of the molecule is Cc1ccc(S(=O)(=O)N(C(=O)N2c3ccccc3Sc3cc(Cl)ccc32)c2ccccc2N=C2C=C(C(C)(C)C)C(=O)C(C(C)(C)C)=C2)c(C)c1. The summed E-state index contributed by atoms with van der Waals surface area (Å²) in [6.45, 7) is 15.5. The van der Waals surface area contributed by atoms with Gasteiger partial charge in [-0.1, -0.05) is 107 Å². The van der Waals surface area contributed by atoms with Gasteiger partial charge in [-0.05, 0) is 90.9 Å². The molecule has 0 unspecified atom stereocenters. The van der Waals surface area contributed by atoms with E-state index in [1.807, 2.05) is 66.7 Å². The van der Waals surface area contributed by atoms with Crippen LogP contribution in [0.4, 0.5) is 27.5 Å². The lowest BCUT2D eigenvalue weighted by atomic mass is 9.72. The lowest BCUT2D eigenvalue weighted by Crippen LogP contribution is -2.45. The van der Waals surface area contributed by atoms with Gasteiger partial charge < -0.3 is 0 Å². The number of nitrogens with zero attached hydrogens (tertiary/aromatic N) is 3. The molecule has 51 heavy (non-hydrogen) atoms. The number of rotatable bonds is 4. The molecule has 0 saturated carbocycles. The maximum Gasteiger partial charge on any atom is 0.347 e. The van der Waals surface area contributed by atoms with Gasteiger partial charge >= 0.3 is 6.03 Å². The lowest BCUT2D eigenvalue weighted by molar-refractivity contribution is -0.114. The maximum atomic E-state index is 15.3. The normalized spacial score (nSPS) is 14.7. The number of Topliss-reactive ketones (excluding diaryl/α,β-unsaturated/α-hetero) is 1. The van der Waals surface area contributed by atoms with Gasteiger partial charge in [0.2, 0.25) is 0 Å². The van der Waals surface area contributed by atoms with Crippen LogP contribution in [0.3, 0.4) is 0 Å². The number of hydrogen-bond donors (Lipinski definition) is 0. The van der Waals surface area contributed by atoms with Gasteiger partial charge in [0, 0.05) is 26.0 Å². The summed E-state index contributed by atoms with van der Waals surface area (Å²) >= 11 is 7.86. The van der Waals surface area contributed by atoms with Crippen molar-refractivity contribution in [2.45, 2.75) is 70.1 Å². The number of anilines is 3. The number of carbonyl (C=O) groups is 2. The minimum Gasteiger partial charge on any atom is -0.289 e. The third-order valence-electron chi connectivity index (χ3n) is 8.74. The molecule has 0 fully saturated rings. The molecule has 2 amide bonds. The van der Waals surface area contributed by atoms with Crippen molar-refractivity contribution in [1.82, 2.24) is 0 Å². The van der Waals surface area contributed by atoms with Gasteiger partial charge in [0.1, 0.15) is 0 Å². The number of benzene rings is 4. The summed E-state index contributed by atoms with van der Waals surface area (Å²) in [4.78, 5) is 36.8. The van der Waals surface area contributed by atoms with Crippen molar-refractivity contribution in [3.8, 4) is 0 Å². The van der Waals surface area contributed by atoms with Crippen molar-refractivity contribution in [2.75, 3.05) is 9.21 Å². The number of para-hydroxylation sites is 3. The highest BCUT2D eigenvalue weighted by Crippen LogP contribution is 2.50. The monoisotopic (exact) mass is 737 g/mol. The third kappa shape index (κ3) is 6.95. The molecule has 0 bridgehead atoms. The molecule has 1 aliphatic carbocycles. The molecule has 10 heteroatoms. The van der Waals surface area contributed by atoms with E-state index in [4.69, 9.17) is 16.6 Å². The number of urea groups is 1. The zero-order valence-corrected chi connectivity index (χ0v) is 32.3. The number of carbonyl (C=O) groups excluding carboxylic acids is 2. The molecule has 0 saturated heterocycles. The fraction of sp³-hybridized carbons (Fsp3) is 0.244. The van der Waals surface area contributed by atoms with Crippen LogP contribution in [0.5, 0.6) is 0 Å². The van der Waals surface area contributed by atoms with E-state index < -0.39 is 26.9 Å². The van der Waals surface area contributed by atoms with Crippen molar-refractivity contribution >= 4 is 73.7 Å². The fourth-order valence-electron chi connectivity index (χ4n) is 6.21. The largest absolute Gasteiger partial charge is 0.347 e. The van der Waals surface area contributed by atoms with Gasteiger partial charge in [0.05, 0.1) is 33.4 Å². The average molecular weight is 738 g/mol. The number of allylic oxidation sites excluding steroid dienone is 4. The first-order valence-electron chi connectivity index (χ1n) is 16.6. The summed E-state index contributed by atoms with van der Waals surface area (Å²) in [7, 11) is -4.55. The molecule has 4 aromatic carbocycles. The van der Waals surface area contributed by atoms with Crippen molar-refractivity contribution in [3.05, 3.63) is 124 Å². The maximum absolute atomic E-state index is 15.3. The Labute approximate surface area is 309 Å². The number of aliphatic imine (C=N–C) groups is 1. The molecule has 4 aromatic rings. The lowest BCUT2D eigenvalue weighted by Gasteiger charge is -2.35. The number of fused-ring (bicyclic) bond motifs is 2. The van der Waals surface area contributed by atoms with E-state index in [1.165, 1.54) is 22.7 Å². The number of aryl methyl sites for hydroxylation is 2. The second-order valence-electron chi connectivity index (χ2n) is 14.8. The van der Waals surface area contributed by atoms with E-state index in [0.29, 0.717) is 43.7 Å². The van der Waals surface area contributed by atoms with Crippen LogP contribution in [0.25, 0.3) is 0 Å². The summed E-state index contributed by atoms with van der Waals surface area (Å²) in [5, 5.41) is 0.491. The Morgan fingerprint density at radius 2 is 1.39 bits per heavy atom. The molecule has 262 valence electrons. The topological polar surface area (TPSA) is 87.1 Å². The molecule has 1 aliphatic heterocycles. The highest BCUT2D eigenvalue weighted by Gasteiger charge is 2.41. The minimum absolute atomic E-state index is 0.00648. The second-order valence-corrected chi connectivity index (χ2v) is 18.1. The van der Waals surface area contributed by atoms with Gasteiger partial charge in [-0.2, -0.15) is 4.31 Å². The molecule has 0 aromatic heterocycles. The van der Waals surface area contributed by atoms with Crippen LogP contribution in [0, 0.1) is 24.7 Å². The summed E-state index contributed by atoms with van der Waals surface area (Å²) < 4.78 is 30.9. The highest BCUT2D eigenvalue weighted by molar-refractivity contribution is 7.99. The molecule has 0 N–H and O–H groups in total. The van der Waals surface area contributed by atoms with Crippen molar-refractivity contribution in [3.63, 3.8) is 0 Å². The summed E-state index contributed by atoms with van der Waals surface area (Å²) in [6.07, 6.45) is 3.52. The van der Waals surface area contributed by atoms with Crippen LogP contribution >= 0.6 is 23.4 Å². The molecule has 0 radical (unpaired) electrons. The zero-order valence-electron chi connectivity index (χ0n) is 29.9. The predicted molar refractivity (Wildman–Crippen MR) is 209 cm³/mol. The van der Waals surface area contributed by atoms with E-state index in [-0.39, 0.29) is 22.1 Å². The number of halogens is 1. The predicted octanol–water partition coefficient (Wildman–Crippen LogP) is 11.2. The standard InChI is InChI=1S/C41H40ClN3O4S2/c1-25-17-20-37(26(2)21-25)51(48,49)45(39(47)44-33-15-11-12-16-35(33)50-36-22-27(42)18-19-34(36)44)32-14-10-9-13-31(32)43-28-23-29(40(3,4)5)38(46)30(24-28)41(6,7)8/h9-24H,1-8H3.